The highest BCUT2D eigenvalue weighted by Gasteiger charge is 2.12. The summed E-state index contributed by atoms with van der Waals surface area (Å²) in [5.74, 6) is -0.935. The number of benzene rings is 1. The minimum Gasteiger partial charge on any atom is -0.478 e. The quantitative estimate of drug-likeness (QED) is 0.900. The van der Waals surface area contributed by atoms with Crippen LogP contribution in [-0.2, 0) is 11.2 Å². The molecule has 1 aromatic heterocycles. The molecule has 0 aliphatic heterocycles. The molecule has 2 rings (SSSR count). The van der Waals surface area contributed by atoms with Crippen LogP contribution in [0.3, 0.4) is 0 Å². The molecule has 0 atom stereocenters. The molecule has 1 amide bonds. The van der Waals surface area contributed by atoms with Crippen LogP contribution < -0.4 is 5.32 Å². The topological polar surface area (TPSA) is 79.3 Å². The summed E-state index contributed by atoms with van der Waals surface area (Å²) < 4.78 is 0.812. The lowest BCUT2D eigenvalue weighted by molar-refractivity contribution is -0.115. The number of hydrogen-bond donors (Lipinski definition) is 2. The van der Waals surface area contributed by atoms with Gasteiger partial charge in [-0.25, -0.2) is 9.78 Å². The molecule has 0 saturated carbocycles. The van der Waals surface area contributed by atoms with Gasteiger partial charge in [0.1, 0.15) is 5.82 Å². The summed E-state index contributed by atoms with van der Waals surface area (Å²) in [7, 11) is 0. The maximum atomic E-state index is 11.9. The van der Waals surface area contributed by atoms with Crippen LogP contribution >= 0.6 is 15.9 Å². The summed E-state index contributed by atoms with van der Waals surface area (Å²) in [5, 5.41) is 11.7. The van der Waals surface area contributed by atoms with Gasteiger partial charge < -0.3 is 10.4 Å². The highest BCUT2D eigenvalue weighted by atomic mass is 79.9. The first-order valence-electron chi connectivity index (χ1n) is 5.79. The Kier molecular flexibility index (Phi) is 4.47. The predicted octanol–water partition coefficient (Wildman–Crippen LogP) is 2.72. The number of amides is 1. The van der Waals surface area contributed by atoms with E-state index in [0.717, 1.165) is 4.47 Å². The van der Waals surface area contributed by atoms with E-state index < -0.39 is 5.97 Å². The molecule has 0 aliphatic rings. The van der Waals surface area contributed by atoms with Crippen molar-refractivity contribution in [2.24, 2.45) is 0 Å². The van der Waals surface area contributed by atoms with Crippen LogP contribution in [0.2, 0.25) is 0 Å². The fourth-order valence-electron chi connectivity index (χ4n) is 1.69. The predicted molar refractivity (Wildman–Crippen MR) is 77.7 cm³/mol. The zero-order chi connectivity index (χ0) is 14.5. The molecule has 6 heteroatoms. The lowest BCUT2D eigenvalue weighted by atomic mass is 10.0. The van der Waals surface area contributed by atoms with E-state index in [0.29, 0.717) is 11.4 Å². The van der Waals surface area contributed by atoms with Crippen molar-refractivity contribution < 1.29 is 14.7 Å². The number of carbonyl (C=O) groups excluding carboxylic acids is 1. The first-order chi connectivity index (χ1) is 9.56. The van der Waals surface area contributed by atoms with E-state index in [1.54, 1.807) is 36.5 Å². The second-order valence-corrected chi connectivity index (χ2v) is 4.96. The number of carboxylic acids is 1. The molecule has 1 aromatic carbocycles. The normalized spacial score (nSPS) is 10.1. The first-order valence-corrected chi connectivity index (χ1v) is 6.58. The molecule has 2 aromatic rings. The van der Waals surface area contributed by atoms with E-state index >= 15 is 0 Å². The highest BCUT2D eigenvalue weighted by Crippen LogP contribution is 2.13. The van der Waals surface area contributed by atoms with Gasteiger partial charge in [-0.3, -0.25) is 4.79 Å². The summed E-state index contributed by atoms with van der Waals surface area (Å²) in [6.45, 7) is 0. The third-order valence-corrected chi connectivity index (χ3v) is 3.06. The molecule has 1 heterocycles. The number of carbonyl (C=O) groups is 2. The number of rotatable bonds is 4. The van der Waals surface area contributed by atoms with Crippen LogP contribution in [0.25, 0.3) is 0 Å². The number of pyridine rings is 1. The Morgan fingerprint density at radius 2 is 1.95 bits per heavy atom. The zero-order valence-corrected chi connectivity index (χ0v) is 11.9. The van der Waals surface area contributed by atoms with Gasteiger partial charge in [0.25, 0.3) is 0 Å². The number of nitrogens with one attached hydrogen (secondary N) is 1. The number of carboxylic acid groups (broad SMARTS) is 1. The lowest BCUT2D eigenvalue weighted by Gasteiger charge is -2.07. The van der Waals surface area contributed by atoms with Gasteiger partial charge in [0, 0.05) is 10.7 Å². The first kappa shape index (κ1) is 14.2. The third kappa shape index (κ3) is 3.64. The molecule has 0 unspecified atom stereocenters. The monoisotopic (exact) mass is 334 g/mol. The van der Waals surface area contributed by atoms with Crippen LogP contribution in [0.4, 0.5) is 5.82 Å². The smallest absolute Gasteiger partial charge is 0.335 e. The minimum absolute atomic E-state index is 0.0137. The van der Waals surface area contributed by atoms with Gasteiger partial charge in [0.05, 0.1) is 12.0 Å². The second kappa shape index (κ2) is 6.29. The zero-order valence-electron chi connectivity index (χ0n) is 10.3. The Balaban J connectivity index is 2.08. The van der Waals surface area contributed by atoms with Crippen LogP contribution in [-0.4, -0.2) is 22.0 Å². The highest BCUT2D eigenvalue weighted by molar-refractivity contribution is 9.10. The largest absolute Gasteiger partial charge is 0.478 e. The van der Waals surface area contributed by atoms with E-state index in [2.05, 4.69) is 26.2 Å². The van der Waals surface area contributed by atoms with Crippen molar-refractivity contribution in [1.29, 1.82) is 0 Å². The minimum atomic E-state index is -1.05. The molecule has 0 fully saturated rings. The van der Waals surface area contributed by atoms with E-state index in [1.165, 1.54) is 6.07 Å². The van der Waals surface area contributed by atoms with E-state index in [-0.39, 0.29) is 17.9 Å². The summed E-state index contributed by atoms with van der Waals surface area (Å²) in [6, 6.07) is 9.84. The number of aromatic carboxylic acids is 1. The molecule has 0 bridgehead atoms. The SMILES string of the molecule is O=C(Cc1ccccc1C(=O)O)Nc1ccc(Br)cn1. The van der Waals surface area contributed by atoms with Crippen molar-refractivity contribution >= 4 is 33.6 Å². The molecular weight excluding hydrogens is 324 g/mol. The van der Waals surface area contributed by atoms with Gasteiger partial charge in [-0.2, -0.15) is 0 Å². The van der Waals surface area contributed by atoms with Gasteiger partial charge in [-0.15, -0.1) is 0 Å². The number of anilines is 1. The molecule has 0 saturated heterocycles. The standard InChI is InChI=1S/C14H11BrN2O3/c15-10-5-6-12(16-8-10)17-13(18)7-9-3-1-2-4-11(9)14(19)20/h1-6,8H,7H2,(H,19,20)(H,16,17,18). The Morgan fingerprint density at radius 1 is 1.20 bits per heavy atom. The maximum absolute atomic E-state index is 11.9. The summed E-state index contributed by atoms with van der Waals surface area (Å²) in [5.41, 5.74) is 0.598. The molecular formula is C14H11BrN2O3. The van der Waals surface area contributed by atoms with E-state index in [4.69, 9.17) is 5.11 Å². The molecule has 102 valence electrons. The van der Waals surface area contributed by atoms with Gasteiger partial charge in [0.15, 0.2) is 0 Å². The Bertz CT molecular complexity index is 641. The Morgan fingerprint density at radius 3 is 2.60 bits per heavy atom. The Labute approximate surface area is 123 Å². The van der Waals surface area contributed by atoms with Gasteiger partial charge in [0.2, 0.25) is 5.91 Å². The molecule has 0 spiro atoms. The Hall–Kier alpha value is -2.21. The fourth-order valence-corrected chi connectivity index (χ4v) is 1.93. The molecule has 2 N–H and O–H groups in total. The van der Waals surface area contributed by atoms with Gasteiger partial charge in [-0.05, 0) is 39.7 Å². The van der Waals surface area contributed by atoms with Crippen LogP contribution in [0.1, 0.15) is 15.9 Å². The average Bonchev–Trinajstić information content (AvgIpc) is 2.41. The average molecular weight is 335 g/mol. The summed E-state index contributed by atoms with van der Waals surface area (Å²) in [6.07, 6.45) is 1.56. The molecule has 20 heavy (non-hydrogen) atoms. The van der Waals surface area contributed by atoms with Gasteiger partial charge >= 0.3 is 5.97 Å². The van der Waals surface area contributed by atoms with Crippen molar-refractivity contribution in [3.63, 3.8) is 0 Å². The number of halogens is 1. The molecule has 0 radical (unpaired) electrons. The number of nitrogens with zero attached hydrogens (tertiary/aromatic N) is 1. The second-order valence-electron chi connectivity index (χ2n) is 4.05. The van der Waals surface area contributed by atoms with Crippen molar-refractivity contribution in [3.8, 4) is 0 Å². The third-order valence-electron chi connectivity index (χ3n) is 2.59. The van der Waals surface area contributed by atoms with Crippen molar-refractivity contribution in [2.45, 2.75) is 6.42 Å². The maximum Gasteiger partial charge on any atom is 0.335 e. The molecule has 5 nitrogen and oxygen atoms in total. The van der Waals surface area contributed by atoms with Crippen LogP contribution in [0.5, 0.6) is 0 Å². The lowest BCUT2D eigenvalue weighted by Crippen LogP contribution is -2.17. The number of aromatic nitrogens is 1. The number of hydrogen-bond acceptors (Lipinski definition) is 3. The van der Waals surface area contributed by atoms with E-state index in [1.807, 2.05) is 0 Å². The van der Waals surface area contributed by atoms with Crippen molar-refractivity contribution in [2.75, 3.05) is 5.32 Å². The van der Waals surface area contributed by atoms with Crippen molar-refractivity contribution in [1.82, 2.24) is 4.98 Å². The molecule has 0 aliphatic carbocycles. The van der Waals surface area contributed by atoms with Crippen molar-refractivity contribution in [3.05, 3.63) is 58.2 Å². The van der Waals surface area contributed by atoms with Crippen LogP contribution in [0.15, 0.2) is 47.1 Å². The fraction of sp³-hybridized carbons (Fsp3) is 0.0714. The summed E-state index contributed by atoms with van der Waals surface area (Å²) in [4.78, 5) is 27.0. The van der Waals surface area contributed by atoms with Gasteiger partial charge in [-0.1, -0.05) is 18.2 Å². The van der Waals surface area contributed by atoms with Crippen LogP contribution in [0, 0.1) is 0 Å². The summed E-state index contributed by atoms with van der Waals surface area (Å²) >= 11 is 3.25. The van der Waals surface area contributed by atoms with E-state index in [9.17, 15) is 9.59 Å².